The molecule has 0 radical (unpaired) electrons. The lowest BCUT2D eigenvalue weighted by atomic mass is 10.1. The summed E-state index contributed by atoms with van der Waals surface area (Å²) in [4.78, 5) is 27.4. The van der Waals surface area contributed by atoms with Gasteiger partial charge in [0.15, 0.2) is 5.11 Å². The van der Waals surface area contributed by atoms with E-state index < -0.39 is 0 Å². The topological polar surface area (TPSA) is 61.4 Å². The van der Waals surface area contributed by atoms with Crippen molar-refractivity contribution < 1.29 is 9.59 Å². The Labute approximate surface area is 148 Å². The number of carbonyl (C=O) groups is 2. The Morgan fingerprint density at radius 3 is 2.79 bits per heavy atom. The third-order valence-electron chi connectivity index (χ3n) is 4.01. The molecule has 1 aromatic heterocycles. The van der Waals surface area contributed by atoms with Gasteiger partial charge in [-0.05, 0) is 53.7 Å². The van der Waals surface area contributed by atoms with Crippen molar-refractivity contribution in [2.24, 2.45) is 0 Å². The zero-order valence-corrected chi connectivity index (χ0v) is 14.4. The average molecular weight is 355 g/mol. The van der Waals surface area contributed by atoms with Crippen molar-refractivity contribution in [3.8, 4) is 10.4 Å². The predicted octanol–water partition coefficient (Wildman–Crippen LogP) is 2.35. The standard InChI is InChI=1S/C17H13N3O2S2/c1-20-8-10-6-9(2-4-12(10)16(20)22)14-5-3-11(24-14)7-13-15(21)19-17(23)18-13/h2-7H,8H2,1H3,(H2,18,19,21,23)/b13-7+. The minimum Gasteiger partial charge on any atom is -0.337 e. The molecule has 2 N–H and O–H groups in total. The van der Waals surface area contributed by atoms with Crippen LogP contribution in [0.5, 0.6) is 0 Å². The lowest BCUT2D eigenvalue weighted by Crippen LogP contribution is -2.21. The van der Waals surface area contributed by atoms with Gasteiger partial charge in [0.2, 0.25) is 0 Å². The number of hydrogen-bond donors (Lipinski definition) is 2. The fourth-order valence-electron chi connectivity index (χ4n) is 2.83. The summed E-state index contributed by atoms with van der Waals surface area (Å²) < 4.78 is 0. The van der Waals surface area contributed by atoms with Gasteiger partial charge in [-0.25, -0.2) is 0 Å². The van der Waals surface area contributed by atoms with Crippen LogP contribution in [0.2, 0.25) is 0 Å². The molecule has 2 aromatic rings. The van der Waals surface area contributed by atoms with Crippen LogP contribution in [-0.4, -0.2) is 28.9 Å². The number of nitrogens with one attached hydrogen (secondary N) is 2. The minimum absolute atomic E-state index is 0.0717. The van der Waals surface area contributed by atoms with E-state index in [1.54, 1.807) is 22.3 Å². The molecule has 0 atom stereocenters. The molecule has 0 aliphatic carbocycles. The van der Waals surface area contributed by atoms with Crippen LogP contribution in [0.15, 0.2) is 36.0 Å². The number of benzene rings is 1. The SMILES string of the molecule is CN1Cc2cc(-c3ccc(/C=C4/NC(=S)NC4=O)s3)ccc2C1=O. The molecule has 5 nitrogen and oxygen atoms in total. The summed E-state index contributed by atoms with van der Waals surface area (Å²) in [5.41, 5.74) is 3.36. The third-order valence-corrected chi connectivity index (χ3v) is 5.29. The van der Waals surface area contributed by atoms with Crippen LogP contribution in [0.4, 0.5) is 0 Å². The molecule has 0 spiro atoms. The number of fused-ring (bicyclic) bond motifs is 1. The Balaban J connectivity index is 1.63. The Kier molecular flexibility index (Phi) is 3.47. The lowest BCUT2D eigenvalue weighted by molar-refractivity contribution is -0.115. The molecule has 0 saturated carbocycles. The van der Waals surface area contributed by atoms with Gasteiger partial charge in [-0.2, -0.15) is 0 Å². The third kappa shape index (κ3) is 2.51. The van der Waals surface area contributed by atoms with Crippen LogP contribution in [0, 0.1) is 0 Å². The molecule has 1 saturated heterocycles. The van der Waals surface area contributed by atoms with Crippen molar-refractivity contribution in [3.05, 3.63) is 52.0 Å². The smallest absolute Gasteiger partial charge is 0.273 e. The molecule has 1 fully saturated rings. The van der Waals surface area contributed by atoms with Gasteiger partial charge < -0.3 is 10.2 Å². The van der Waals surface area contributed by atoms with Crippen molar-refractivity contribution in [3.63, 3.8) is 0 Å². The monoisotopic (exact) mass is 355 g/mol. The molecule has 2 amide bonds. The molecule has 4 rings (SSSR count). The van der Waals surface area contributed by atoms with Crippen molar-refractivity contribution >= 4 is 46.6 Å². The molecule has 7 heteroatoms. The summed E-state index contributed by atoms with van der Waals surface area (Å²) in [6.45, 7) is 0.645. The van der Waals surface area contributed by atoms with Gasteiger partial charge in [0.05, 0.1) is 0 Å². The highest BCUT2D eigenvalue weighted by atomic mass is 32.1. The predicted molar refractivity (Wildman–Crippen MR) is 97.4 cm³/mol. The summed E-state index contributed by atoms with van der Waals surface area (Å²) in [7, 11) is 1.81. The molecule has 0 bridgehead atoms. The molecule has 0 unspecified atom stereocenters. The Bertz CT molecular complexity index is 930. The van der Waals surface area contributed by atoms with Gasteiger partial charge in [-0.15, -0.1) is 11.3 Å². The Hall–Kier alpha value is -2.51. The molecule has 1 aromatic carbocycles. The van der Waals surface area contributed by atoms with Gasteiger partial charge in [0.25, 0.3) is 11.8 Å². The Morgan fingerprint density at radius 2 is 2.04 bits per heavy atom. The number of hydrogen-bond acceptors (Lipinski definition) is 4. The zero-order valence-electron chi connectivity index (χ0n) is 12.8. The normalized spacial score (nSPS) is 18.1. The number of carbonyl (C=O) groups excluding carboxylic acids is 2. The zero-order chi connectivity index (χ0) is 16.8. The maximum absolute atomic E-state index is 12.0. The number of thiocarbonyl (C=S) groups is 1. The van der Waals surface area contributed by atoms with E-state index in [1.165, 1.54) is 0 Å². The van der Waals surface area contributed by atoms with Crippen LogP contribution in [0.1, 0.15) is 20.8 Å². The largest absolute Gasteiger partial charge is 0.337 e. The van der Waals surface area contributed by atoms with E-state index in [-0.39, 0.29) is 11.8 Å². The summed E-state index contributed by atoms with van der Waals surface area (Å²) in [5, 5.41) is 5.71. The molecular weight excluding hydrogens is 342 g/mol. The van der Waals surface area contributed by atoms with Crippen LogP contribution < -0.4 is 10.6 Å². The first-order valence-electron chi connectivity index (χ1n) is 7.34. The fraction of sp³-hybridized carbons (Fsp3) is 0.118. The van der Waals surface area contributed by atoms with Crippen molar-refractivity contribution in [2.75, 3.05) is 7.05 Å². The number of nitrogens with zero attached hydrogens (tertiary/aromatic N) is 1. The van der Waals surface area contributed by atoms with E-state index in [4.69, 9.17) is 12.2 Å². The summed E-state index contributed by atoms with van der Waals surface area (Å²) in [5.74, 6) is -0.142. The molecular formula is C17H13N3O2S2. The molecule has 24 heavy (non-hydrogen) atoms. The van der Waals surface area contributed by atoms with Gasteiger partial charge in [0.1, 0.15) is 5.70 Å². The van der Waals surface area contributed by atoms with E-state index >= 15 is 0 Å². The average Bonchev–Trinajstić information content (AvgIpc) is 3.20. The van der Waals surface area contributed by atoms with E-state index in [0.717, 1.165) is 26.4 Å². The van der Waals surface area contributed by atoms with E-state index in [9.17, 15) is 9.59 Å². The lowest BCUT2D eigenvalue weighted by Gasteiger charge is -2.04. The Morgan fingerprint density at radius 1 is 1.21 bits per heavy atom. The van der Waals surface area contributed by atoms with Crippen LogP contribution >= 0.6 is 23.6 Å². The highest BCUT2D eigenvalue weighted by Crippen LogP contribution is 2.32. The van der Waals surface area contributed by atoms with E-state index in [0.29, 0.717) is 17.4 Å². The van der Waals surface area contributed by atoms with Gasteiger partial charge in [0, 0.05) is 28.9 Å². The first-order chi connectivity index (χ1) is 11.5. The number of rotatable bonds is 2. The number of amides is 2. The second-order valence-corrected chi connectivity index (χ2v) is 7.23. The highest BCUT2D eigenvalue weighted by molar-refractivity contribution is 7.80. The van der Waals surface area contributed by atoms with Crippen LogP contribution in [0.3, 0.4) is 0 Å². The second-order valence-electron chi connectivity index (χ2n) is 5.70. The molecule has 2 aliphatic rings. The molecule has 3 heterocycles. The van der Waals surface area contributed by atoms with E-state index in [1.807, 2.05) is 31.3 Å². The van der Waals surface area contributed by atoms with Gasteiger partial charge >= 0.3 is 0 Å². The minimum atomic E-state index is -0.214. The van der Waals surface area contributed by atoms with Gasteiger partial charge in [-0.3, -0.25) is 14.9 Å². The highest BCUT2D eigenvalue weighted by Gasteiger charge is 2.24. The summed E-state index contributed by atoms with van der Waals surface area (Å²) in [6.07, 6.45) is 1.79. The van der Waals surface area contributed by atoms with Gasteiger partial charge in [-0.1, -0.05) is 6.07 Å². The molecule has 120 valence electrons. The van der Waals surface area contributed by atoms with Crippen molar-refractivity contribution in [1.29, 1.82) is 0 Å². The quantitative estimate of drug-likeness (QED) is 0.641. The first-order valence-corrected chi connectivity index (χ1v) is 8.56. The first kappa shape index (κ1) is 15.0. The van der Waals surface area contributed by atoms with Crippen molar-refractivity contribution in [2.45, 2.75) is 6.54 Å². The fourth-order valence-corrected chi connectivity index (χ4v) is 3.98. The van der Waals surface area contributed by atoms with Crippen molar-refractivity contribution in [1.82, 2.24) is 15.5 Å². The summed E-state index contributed by atoms with van der Waals surface area (Å²) >= 11 is 6.51. The van der Waals surface area contributed by atoms with E-state index in [2.05, 4.69) is 16.7 Å². The number of thiophene rings is 1. The second kappa shape index (κ2) is 5.54. The van der Waals surface area contributed by atoms with Crippen LogP contribution in [-0.2, 0) is 11.3 Å². The maximum Gasteiger partial charge on any atom is 0.273 e. The summed E-state index contributed by atoms with van der Waals surface area (Å²) in [6, 6.07) is 9.90. The maximum atomic E-state index is 12.0. The van der Waals surface area contributed by atoms with Crippen LogP contribution in [0.25, 0.3) is 16.5 Å². The molecule has 2 aliphatic heterocycles.